The van der Waals surface area contributed by atoms with Crippen LogP contribution in [0, 0.1) is 23.2 Å². The van der Waals surface area contributed by atoms with Crippen molar-refractivity contribution in [2.75, 3.05) is 0 Å². The summed E-state index contributed by atoms with van der Waals surface area (Å²) in [4.78, 5) is 11.6. The van der Waals surface area contributed by atoms with E-state index in [-0.39, 0.29) is 5.41 Å². The van der Waals surface area contributed by atoms with Crippen molar-refractivity contribution in [1.29, 1.82) is 0 Å². The van der Waals surface area contributed by atoms with Crippen LogP contribution in [0.15, 0.2) is 0 Å². The molecule has 0 aromatic rings. The zero-order chi connectivity index (χ0) is 12.3. The summed E-state index contributed by atoms with van der Waals surface area (Å²) in [6.07, 6.45) is 12.9. The highest BCUT2D eigenvalue weighted by Crippen LogP contribution is 2.47. The third-order valence-electron chi connectivity index (χ3n) is 5.64. The first kappa shape index (κ1) is 13.1. The second-order valence-corrected chi connectivity index (χ2v) is 6.70. The van der Waals surface area contributed by atoms with Gasteiger partial charge >= 0.3 is 0 Å². The summed E-state index contributed by atoms with van der Waals surface area (Å²) in [6, 6.07) is 0. The number of hydrogen-bond acceptors (Lipinski definition) is 1. The van der Waals surface area contributed by atoms with E-state index in [9.17, 15) is 4.79 Å². The first-order valence-electron chi connectivity index (χ1n) is 7.65. The molecule has 2 aliphatic carbocycles. The van der Waals surface area contributed by atoms with Gasteiger partial charge in [-0.2, -0.15) is 0 Å². The van der Waals surface area contributed by atoms with Crippen molar-refractivity contribution in [2.45, 2.75) is 71.6 Å². The Morgan fingerprint density at radius 1 is 1.18 bits per heavy atom. The van der Waals surface area contributed by atoms with Crippen molar-refractivity contribution in [1.82, 2.24) is 0 Å². The van der Waals surface area contributed by atoms with Crippen LogP contribution >= 0.6 is 0 Å². The van der Waals surface area contributed by atoms with Crippen LogP contribution in [0.3, 0.4) is 0 Å². The minimum atomic E-state index is 0.0644. The highest BCUT2D eigenvalue weighted by atomic mass is 16.1. The number of carbonyl (C=O) groups excluding carboxylic acids is 1. The SMILES string of the molecule is CCC1CCC(C=O)(CC2CCCC2C)CC1. The molecule has 0 aromatic heterocycles. The lowest BCUT2D eigenvalue weighted by Crippen LogP contribution is -2.31. The average Bonchev–Trinajstić information content (AvgIpc) is 2.76. The van der Waals surface area contributed by atoms with E-state index in [2.05, 4.69) is 13.8 Å². The Balaban J connectivity index is 1.93. The average molecular weight is 236 g/mol. The Bertz CT molecular complexity index is 250. The zero-order valence-corrected chi connectivity index (χ0v) is 11.6. The topological polar surface area (TPSA) is 17.1 Å². The fourth-order valence-corrected chi connectivity index (χ4v) is 4.08. The van der Waals surface area contributed by atoms with Crippen molar-refractivity contribution in [3.8, 4) is 0 Å². The Hall–Kier alpha value is -0.330. The first-order chi connectivity index (χ1) is 8.19. The van der Waals surface area contributed by atoms with Crippen LogP contribution in [-0.2, 0) is 4.79 Å². The lowest BCUT2D eigenvalue weighted by Gasteiger charge is -2.38. The van der Waals surface area contributed by atoms with E-state index in [4.69, 9.17) is 0 Å². The summed E-state index contributed by atoms with van der Waals surface area (Å²) in [7, 11) is 0. The third-order valence-corrected chi connectivity index (χ3v) is 5.64. The minimum absolute atomic E-state index is 0.0644. The number of aldehydes is 1. The smallest absolute Gasteiger partial charge is 0.126 e. The van der Waals surface area contributed by atoms with Crippen LogP contribution < -0.4 is 0 Å². The van der Waals surface area contributed by atoms with E-state index < -0.39 is 0 Å². The van der Waals surface area contributed by atoms with Gasteiger partial charge in [0, 0.05) is 5.41 Å². The molecule has 0 bridgehead atoms. The summed E-state index contributed by atoms with van der Waals surface area (Å²) in [5.74, 6) is 2.58. The molecule has 2 saturated carbocycles. The van der Waals surface area contributed by atoms with Crippen LogP contribution in [0.25, 0.3) is 0 Å². The summed E-state index contributed by atoms with van der Waals surface area (Å²) >= 11 is 0. The Kier molecular flexibility index (Phi) is 4.27. The second kappa shape index (κ2) is 5.54. The second-order valence-electron chi connectivity index (χ2n) is 6.70. The molecule has 2 rings (SSSR count). The molecule has 1 heteroatoms. The van der Waals surface area contributed by atoms with Crippen molar-refractivity contribution in [3.05, 3.63) is 0 Å². The van der Waals surface area contributed by atoms with E-state index in [1.807, 2.05) is 0 Å². The molecule has 2 unspecified atom stereocenters. The van der Waals surface area contributed by atoms with E-state index in [1.54, 1.807) is 0 Å². The van der Waals surface area contributed by atoms with Gasteiger partial charge in [0.15, 0.2) is 0 Å². The summed E-state index contributed by atoms with van der Waals surface area (Å²) in [5, 5.41) is 0. The van der Waals surface area contributed by atoms with E-state index in [0.717, 1.165) is 30.6 Å². The van der Waals surface area contributed by atoms with Crippen LogP contribution in [0.5, 0.6) is 0 Å². The van der Waals surface area contributed by atoms with E-state index in [1.165, 1.54) is 51.2 Å². The van der Waals surface area contributed by atoms with Crippen LogP contribution in [0.2, 0.25) is 0 Å². The fraction of sp³-hybridized carbons (Fsp3) is 0.938. The van der Waals surface area contributed by atoms with Crippen LogP contribution in [-0.4, -0.2) is 6.29 Å². The zero-order valence-electron chi connectivity index (χ0n) is 11.6. The Morgan fingerprint density at radius 2 is 1.88 bits per heavy atom. The van der Waals surface area contributed by atoms with Gasteiger partial charge in [-0.3, -0.25) is 0 Å². The van der Waals surface area contributed by atoms with Gasteiger partial charge in [-0.05, 0) is 49.9 Å². The summed E-state index contributed by atoms with van der Waals surface area (Å²) in [5.41, 5.74) is 0.0644. The molecular weight excluding hydrogens is 208 g/mol. The minimum Gasteiger partial charge on any atom is -0.303 e. The molecule has 0 N–H and O–H groups in total. The maximum atomic E-state index is 11.6. The third kappa shape index (κ3) is 2.92. The lowest BCUT2D eigenvalue weighted by molar-refractivity contribution is -0.119. The lowest BCUT2D eigenvalue weighted by atomic mass is 9.66. The fourth-order valence-electron chi connectivity index (χ4n) is 4.08. The molecule has 0 radical (unpaired) electrons. The highest BCUT2D eigenvalue weighted by Gasteiger charge is 2.38. The van der Waals surface area contributed by atoms with Crippen LogP contribution in [0.4, 0.5) is 0 Å². The van der Waals surface area contributed by atoms with Crippen molar-refractivity contribution in [3.63, 3.8) is 0 Å². The Morgan fingerprint density at radius 3 is 2.35 bits per heavy atom. The van der Waals surface area contributed by atoms with Gasteiger partial charge in [0.25, 0.3) is 0 Å². The molecule has 0 saturated heterocycles. The van der Waals surface area contributed by atoms with Gasteiger partial charge in [-0.15, -0.1) is 0 Å². The van der Waals surface area contributed by atoms with Gasteiger partial charge < -0.3 is 4.79 Å². The standard InChI is InChI=1S/C16H28O/c1-3-14-7-9-16(12-17,10-8-14)11-15-6-4-5-13(15)2/h12-15H,3-11H2,1-2H3. The van der Waals surface area contributed by atoms with E-state index >= 15 is 0 Å². The van der Waals surface area contributed by atoms with E-state index in [0.29, 0.717) is 0 Å². The van der Waals surface area contributed by atoms with Gasteiger partial charge in [-0.25, -0.2) is 0 Å². The van der Waals surface area contributed by atoms with Crippen molar-refractivity contribution < 1.29 is 4.79 Å². The number of hydrogen-bond donors (Lipinski definition) is 0. The molecule has 2 atom stereocenters. The number of rotatable bonds is 4. The van der Waals surface area contributed by atoms with Crippen LogP contribution in [0.1, 0.15) is 71.6 Å². The molecule has 1 nitrogen and oxygen atoms in total. The molecule has 2 aliphatic rings. The Labute approximate surface area is 106 Å². The molecule has 0 heterocycles. The monoisotopic (exact) mass is 236 g/mol. The van der Waals surface area contributed by atoms with Gasteiger partial charge in [0.05, 0.1) is 0 Å². The van der Waals surface area contributed by atoms with Crippen molar-refractivity contribution >= 4 is 6.29 Å². The molecule has 17 heavy (non-hydrogen) atoms. The normalized spacial score (nSPS) is 42.6. The predicted octanol–water partition coefficient (Wildman–Crippen LogP) is 4.60. The van der Waals surface area contributed by atoms with Gasteiger partial charge in [-0.1, -0.05) is 39.5 Å². The molecule has 0 aromatic carbocycles. The molecule has 0 amide bonds. The predicted molar refractivity (Wildman–Crippen MR) is 71.9 cm³/mol. The quantitative estimate of drug-likeness (QED) is 0.652. The van der Waals surface area contributed by atoms with Gasteiger partial charge in [0.2, 0.25) is 0 Å². The maximum Gasteiger partial charge on any atom is 0.126 e. The largest absolute Gasteiger partial charge is 0.303 e. The molecule has 0 spiro atoms. The maximum absolute atomic E-state index is 11.6. The first-order valence-corrected chi connectivity index (χ1v) is 7.65. The molecule has 2 fully saturated rings. The van der Waals surface area contributed by atoms with Crippen molar-refractivity contribution in [2.24, 2.45) is 23.2 Å². The molecular formula is C16H28O. The highest BCUT2D eigenvalue weighted by molar-refractivity contribution is 5.59. The number of carbonyl (C=O) groups is 1. The summed E-state index contributed by atoms with van der Waals surface area (Å²) < 4.78 is 0. The molecule has 98 valence electrons. The van der Waals surface area contributed by atoms with Gasteiger partial charge in [0.1, 0.15) is 6.29 Å². The summed E-state index contributed by atoms with van der Waals surface area (Å²) in [6.45, 7) is 4.67. The molecule has 0 aliphatic heterocycles.